The second-order valence-corrected chi connectivity index (χ2v) is 6.87. The number of hydrogen-bond acceptors (Lipinski definition) is 2. The van der Waals surface area contributed by atoms with Crippen molar-refractivity contribution in [1.82, 2.24) is 4.90 Å². The summed E-state index contributed by atoms with van der Waals surface area (Å²) in [7, 11) is 0. The molecule has 2 nitrogen and oxygen atoms in total. The number of halogens is 1. The summed E-state index contributed by atoms with van der Waals surface area (Å²) in [5, 5.41) is 0.816. The Hall–Kier alpha value is -1.51. The first-order valence-electron chi connectivity index (χ1n) is 8.10. The maximum absolute atomic E-state index is 6.02. The number of piperazine rings is 1. The molecule has 3 heterocycles. The van der Waals surface area contributed by atoms with Crippen LogP contribution in [0.25, 0.3) is 0 Å². The highest BCUT2D eigenvalue weighted by atomic mass is 35.5. The molecule has 22 heavy (non-hydrogen) atoms. The quantitative estimate of drug-likeness (QED) is 0.838. The summed E-state index contributed by atoms with van der Waals surface area (Å²) >= 11 is 6.02. The smallest absolute Gasteiger partial charge is 0.0418 e. The number of hydrogen-bond donors (Lipinski definition) is 0. The van der Waals surface area contributed by atoms with Crippen LogP contribution in [0.4, 0.5) is 5.69 Å². The minimum absolute atomic E-state index is 0.634. The predicted molar refractivity (Wildman–Crippen MR) is 92.5 cm³/mol. The Morgan fingerprint density at radius 1 is 0.864 bits per heavy atom. The third kappa shape index (κ3) is 2.73. The number of nitrogens with zero attached hydrogens (tertiary/aromatic N) is 2. The predicted octanol–water partition coefficient (Wildman–Crippen LogP) is 4.19. The van der Waals surface area contributed by atoms with Gasteiger partial charge in [0, 0.05) is 42.4 Å². The number of piperidine rings is 2. The molecule has 0 spiro atoms. The molecule has 0 radical (unpaired) electrons. The fraction of sp³-hybridized carbons (Fsp3) is 0.368. The largest absolute Gasteiger partial charge is 0.366 e. The zero-order valence-electron chi connectivity index (χ0n) is 12.7. The minimum atomic E-state index is 0.634. The molecule has 3 fully saturated rings. The highest BCUT2D eigenvalue weighted by Crippen LogP contribution is 2.33. The van der Waals surface area contributed by atoms with Crippen molar-refractivity contribution in [3.8, 4) is 0 Å². The summed E-state index contributed by atoms with van der Waals surface area (Å²) in [4.78, 5) is 5.24. The Morgan fingerprint density at radius 3 is 2.27 bits per heavy atom. The van der Waals surface area contributed by atoms with Gasteiger partial charge in [-0.15, -0.1) is 0 Å². The summed E-state index contributed by atoms with van der Waals surface area (Å²) < 4.78 is 0. The lowest BCUT2D eigenvalue weighted by Crippen LogP contribution is -2.62. The van der Waals surface area contributed by atoms with E-state index in [2.05, 4.69) is 52.3 Å². The van der Waals surface area contributed by atoms with Crippen molar-refractivity contribution in [3.63, 3.8) is 0 Å². The van der Waals surface area contributed by atoms with Crippen molar-refractivity contribution in [1.29, 1.82) is 0 Å². The summed E-state index contributed by atoms with van der Waals surface area (Å²) in [6.07, 6.45) is 2.63. The van der Waals surface area contributed by atoms with Crippen LogP contribution in [0.3, 0.4) is 0 Å². The van der Waals surface area contributed by atoms with Gasteiger partial charge in [-0.3, -0.25) is 4.90 Å². The zero-order valence-corrected chi connectivity index (χ0v) is 13.4. The van der Waals surface area contributed by atoms with E-state index in [1.807, 2.05) is 12.1 Å². The van der Waals surface area contributed by atoms with Crippen molar-refractivity contribution in [2.24, 2.45) is 0 Å². The Bertz CT molecular complexity index is 626. The number of anilines is 1. The Kier molecular flexibility index (Phi) is 3.81. The lowest BCUT2D eigenvalue weighted by atomic mass is 9.90. The van der Waals surface area contributed by atoms with E-state index in [0.717, 1.165) is 18.1 Å². The molecule has 3 saturated heterocycles. The van der Waals surface area contributed by atoms with Gasteiger partial charge in [-0.1, -0.05) is 41.9 Å². The molecule has 2 aromatic carbocycles. The van der Waals surface area contributed by atoms with Gasteiger partial charge < -0.3 is 4.90 Å². The van der Waals surface area contributed by atoms with Gasteiger partial charge in [0.25, 0.3) is 0 Å². The first-order chi connectivity index (χ1) is 10.8. The lowest BCUT2D eigenvalue weighted by Gasteiger charge is -2.52. The van der Waals surface area contributed by atoms with Crippen LogP contribution in [0, 0.1) is 0 Å². The van der Waals surface area contributed by atoms with Gasteiger partial charge in [-0.2, -0.15) is 0 Å². The highest BCUT2D eigenvalue weighted by Gasteiger charge is 2.38. The van der Waals surface area contributed by atoms with Crippen LogP contribution in [-0.4, -0.2) is 30.1 Å². The van der Waals surface area contributed by atoms with Gasteiger partial charge in [0.1, 0.15) is 0 Å². The van der Waals surface area contributed by atoms with E-state index in [0.29, 0.717) is 12.1 Å². The van der Waals surface area contributed by atoms with Gasteiger partial charge in [0.15, 0.2) is 0 Å². The van der Waals surface area contributed by atoms with Crippen LogP contribution in [-0.2, 0) is 6.54 Å². The molecule has 0 amide bonds. The average molecular weight is 313 g/mol. The second kappa shape index (κ2) is 5.94. The van der Waals surface area contributed by atoms with Crippen molar-refractivity contribution >= 4 is 17.3 Å². The van der Waals surface area contributed by atoms with Gasteiger partial charge in [-0.05, 0) is 42.7 Å². The molecule has 2 unspecified atom stereocenters. The first kappa shape index (κ1) is 14.1. The minimum Gasteiger partial charge on any atom is -0.366 e. The third-order valence-corrected chi connectivity index (χ3v) is 5.28. The Balaban J connectivity index is 1.48. The molecule has 0 saturated carbocycles. The van der Waals surface area contributed by atoms with E-state index < -0.39 is 0 Å². The molecule has 5 rings (SSSR count). The van der Waals surface area contributed by atoms with E-state index in [1.165, 1.54) is 30.6 Å². The van der Waals surface area contributed by atoms with Crippen molar-refractivity contribution in [3.05, 3.63) is 65.2 Å². The summed E-state index contributed by atoms with van der Waals surface area (Å²) in [6.45, 7) is 3.39. The molecule has 2 aromatic rings. The summed E-state index contributed by atoms with van der Waals surface area (Å²) in [6, 6.07) is 20.5. The molecule has 3 heteroatoms. The molecule has 0 aliphatic carbocycles. The molecule has 114 valence electrons. The Morgan fingerprint density at radius 2 is 1.59 bits per heavy atom. The van der Waals surface area contributed by atoms with E-state index >= 15 is 0 Å². The van der Waals surface area contributed by atoms with Crippen molar-refractivity contribution in [2.45, 2.75) is 31.5 Å². The van der Waals surface area contributed by atoms with Gasteiger partial charge in [-0.25, -0.2) is 0 Å². The van der Waals surface area contributed by atoms with Crippen LogP contribution >= 0.6 is 11.6 Å². The zero-order chi connectivity index (χ0) is 14.9. The highest BCUT2D eigenvalue weighted by molar-refractivity contribution is 6.30. The number of fused-ring (bicyclic) bond motifs is 3. The van der Waals surface area contributed by atoms with Gasteiger partial charge in [0.2, 0.25) is 0 Å². The molecule has 2 atom stereocenters. The third-order valence-electron chi connectivity index (χ3n) is 5.03. The van der Waals surface area contributed by atoms with Crippen LogP contribution < -0.4 is 4.90 Å². The standard InChI is InChI=1S/C19H21ClN2/c20-16-6-8-17(9-7-16)22-14-18-10-11-19(22)13-21(18)12-15-4-2-1-3-5-15/h1-9,18-19H,10-14H2. The van der Waals surface area contributed by atoms with E-state index in [9.17, 15) is 0 Å². The Labute approximate surface area is 137 Å². The average Bonchev–Trinajstić information content (AvgIpc) is 2.57. The molecule has 0 aromatic heterocycles. The maximum Gasteiger partial charge on any atom is 0.0418 e. The fourth-order valence-corrected chi connectivity index (χ4v) is 4.00. The van der Waals surface area contributed by atoms with E-state index in [-0.39, 0.29) is 0 Å². The summed E-state index contributed by atoms with van der Waals surface area (Å²) in [5.74, 6) is 0. The molecule has 0 N–H and O–H groups in total. The molecule has 3 aliphatic rings. The van der Waals surface area contributed by atoms with Crippen molar-refractivity contribution in [2.75, 3.05) is 18.0 Å². The van der Waals surface area contributed by atoms with Gasteiger partial charge >= 0.3 is 0 Å². The lowest BCUT2D eigenvalue weighted by molar-refractivity contribution is 0.0890. The molecule has 3 aliphatic heterocycles. The fourth-order valence-electron chi connectivity index (χ4n) is 3.88. The van der Waals surface area contributed by atoms with Gasteiger partial charge in [0.05, 0.1) is 0 Å². The van der Waals surface area contributed by atoms with Crippen molar-refractivity contribution < 1.29 is 0 Å². The number of rotatable bonds is 3. The monoisotopic (exact) mass is 312 g/mol. The van der Waals surface area contributed by atoms with Crippen LogP contribution in [0.5, 0.6) is 0 Å². The molecule has 2 bridgehead atoms. The van der Waals surface area contributed by atoms with Crippen LogP contribution in [0.15, 0.2) is 54.6 Å². The molecular weight excluding hydrogens is 292 g/mol. The first-order valence-corrected chi connectivity index (χ1v) is 8.47. The van der Waals surface area contributed by atoms with Crippen LogP contribution in [0.2, 0.25) is 5.02 Å². The topological polar surface area (TPSA) is 6.48 Å². The maximum atomic E-state index is 6.02. The molecular formula is C19H21ClN2. The summed E-state index contributed by atoms with van der Waals surface area (Å²) in [5.41, 5.74) is 2.74. The normalized spacial score (nSPS) is 24.7. The SMILES string of the molecule is Clc1ccc(N2CC3CCC2CN3Cc2ccccc2)cc1. The number of benzene rings is 2. The second-order valence-electron chi connectivity index (χ2n) is 6.43. The van der Waals surface area contributed by atoms with Crippen LogP contribution in [0.1, 0.15) is 18.4 Å². The van der Waals surface area contributed by atoms with E-state index in [4.69, 9.17) is 11.6 Å². The van der Waals surface area contributed by atoms with E-state index in [1.54, 1.807) is 0 Å².